The molecule has 0 aliphatic heterocycles. The second-order valence-electron chi connectivity index (χ2n) is 4.99. The Morgan fingerprint density at radius 1 is 0.444 bits per heavy atom. The Morgan fingerprint density at radius 3 is 0.704 bits per heavy atom. The van der Waals surface area contributed by atoms with E-state index >= 15 is 0 Å². The molecule has 2 N–H and O–H groups in total. The highest BCUT2D eigenvalue weighted by Crippen LogP contribution is 2.52. The first-order chi connectivity index (χ1) is 11.2. The van der Waals surface area contributed by atoms with Crippen molar-refractivity contribution in [1.82, 2.24) is 0 Å². The number of hydrogen-bond acceptors (Lipinski definition) is 2. The number of aliphatic hydroxyl groups is 2. The molecule has 0 unspecified atom stereocenters. The molecule has 1 aromatic rings. The third-order valence-electron chi connectivity index (χ3n) is 3.36. The molecule has 0 aromatic heterocycles. The van der Waals surface area contributed by atoms with Crippen LogP contribution >= 0.6 is 0 Å². The van der Waals surface area contributed by atoms with E-state index in [1.54, 1.807) is 0 Å². The molecular weight excluding hydrogens is 416 g/mol. The minimum Gasteiger partial charge on any atom is -0.369 e. The summed E-state index contributed by atoms with van der Waals surface area (Å²) in [5.41, 5.74) is -15.3. The van der Waals surface area contributed by atoms with Crippen LogP contribution in [0.4, 0.5) is 52.7 Å². The van der Waals surface area contributed by atoms with Gasteiger partial charge < -0.3 is 10.2 Å². The summed E-state index contributed by atoms with van der Waals surface area (Å²) in [4.78, 5) is 0. The molecule has 0 aliphatic rings. The van der Waals surface area contributed by atoms with E-state index in [9.17, 15) is 52.7 Å². The molecule has 0 atom stereocenters. The highest BCUT2D eigenvalue weighted by atomic mass is 19.4. The summed E-state index contributed by atoms with van der Waals surface area (Å²) < 4.78 is 151. The van der Waals surface area contributed by atoms with Crippen LogP contribution in [0.15, 0.2) is 24.3 Å². The molecule has 0 saturated carbocycles. The molecule has 0 amide bonds. The van der Waals surface area contributed by atoms with E-state index in [2.05, 4.69) is 0 Å². The molecular formula is C13H10F12O2. The third-order valence-corrected chi connectivity index (χ3v) is 3.36. The van der Waals surface area contributed by atoms with Crippen LogP contribution in [0.5, 0.6) is 0 Å². The van der Waals surface area contributed by atoms with E-state index in [1.165, 1.54) is 0 Å². The monoisotopic (exact) mass is 426 g/mol. The Labute approximate surface area is 143 Å². The molecule has 0 saturated heterocycles. The Balaban J connectivity index is 0.00000676. The van der Waals surface area contributed by atoms with Gasteiger partial charge in [0.1, 0.15) is 0 Å². The number of halogens is 12. The average Bonchev–Trinajstić information content (AvgIpc) is 2.40. The van der Waals surface area contributed by atoms with Crippen molar-refractivity contribution in [1.29, 1.82) is 0 Å². The van der Waals surface area contributed by atoms with Gasteiger partial charge in [0.05, 0.1) is 0 Å². The number of rotatable bonds is 2. The molecule has 14 heteroatoms. The molecule has 0 aliphatic carbocycles. The number of benzene rings is 1. The predicted molar refractivity (Wildman–Crippen MR) is 65.2 cm³/mol. The minimum absolute atomic E-state index is 0. The van der Waals surface area contributed by atoms with Crippen molar-refractivity contribution in [2.75, 3.05) is 0 Å². The molecule has 158 valence electrons. The molecule has 27 heavy (non-hydrogen) atoms. The lowest BCUT2D eigenvalue weighted by molar-refractivity contribution is -0.378. The fraction of sp³-hybridized carbons (Fsp3) is 0.538. The smallest absolute Gasteiger partial charge is 0.369 e. The second-order valence-corrected chi connectivity index (χ2v) is 4.99. The summed E-state index contributed by atoms with van der Waals surface area (Å²) in [5, 5.41) is 18.0. The molecule has 0 bridgehead atoms. The molecule has 0 heterocycles. The fourth-order valence-electron chi connectivity index (χ4n) is 1.93. The molecule has 0 radical (unpaired) electrons. The maximum Gasteiger partial charge on any atom is 0.430 e. The summed E-state index contributed by atoms with van der Waals surface area (Å²) in [7, 11) is 0. The first kappa shape index (κ1) is 25.3. The fourth-order valence-corrected chi connectivity index (χ4v) is 1.93. The lowest BCUT2D eigenvalue weighted by Gasteiger charge is -2.34. The van der Waals surface area contributed by atoms with Crippen molar-refractivity contribution in [2.24, 2.45) is 0 Å². The van der Waals surface area contributed by atoms with Gasteiger partial charge in [0, 0.05) is 11.1 Å². The minimum atomic E-state index is -6.39. The van der Waals surface area contributed by atoms with Crippen LogP contribution in [0.1, 0.15) is 18.6 Å². The van der Waals surface area contributed by atoms with Crippen molar-refractivity contribution in [3.05, 3.63) is 35.4 Å². The molecule has 2 nitrogen and oxygen atoms in total. The van der Waals surface area contributed by atoms with Gasteiger partial charge in [-0.05, 0) is 0 Å². The second kappa shape index (κ2) is 6.72. The maximum atomic E-state index is 12.6. The zero-order valence-electron chi connectivity index (χ0n) is 11.7. The van der Waals surface area contributed by atoms with Gasteiger partial charge in [0.15, 0.2) is 0 Å². The topological polar surface area (TPSA) is 40.5 Å². The zero-order valence-corrected chi connectivity index (χ0v) is 11.7. The quantitative estimate of drug-likeness (QED) is 0.658. The van der Waals surface area contributed by atoms with Gasteiger partial charge in [-0.3, -0.25) is 0 Å². The van der Waals surface area contributed by atoms with Crippen molar-refractivity contribution in [3.63, 3.8) is 0 Å². The first-order valence-corrected chi connectivity index (χ1v) is 6.04. The maximum absolute atomic E-state index is 12.6. The molecule has 0 spiro atoms. The van der Waals surface area contributed by atoms with E-state index in [1.807, 2.05) is 0 Å². The highest BCUT2D eigenvalue weighted by Gasteiger charge is 2.73. The van der Waals surface area contributed by atoms with Crippen LogP contribution in [0.25, 0.3) is 0 Å². The lowest BCUT2D eigenvalue weighted by atomic mass is 9.87. The van der Waals surface area contributed by atoms with Gasteiger partial charge in [-0.15, -0.1) is 0 Å². The highest BCUT2D eigenvalue weighted by molar-refractivity contribution is 5.34. The Bertz CT molecular complexity index is 551. The van der Waals surface area contributed by atoms with Crippen LogP contribution in [0.2, 0.25) is 0 Å². The van der Waals surface area contributed by atoms with E-state index in [0.717, 1.165) is 0 Å². The van der Waals surface area contributed by atoms with E-state index in [-0.39, 0.29) is 7.43 Å². The van der Waals surface area contributed by atoms with E-state index < -0.39 is 71.3 Å². The van der Waals surface area contributed by atoms with Gasteiger partial charge in [-0.25, -0.2) is 0 Å². The largest absolute Gasteiger partial charge is 0.430 e. The first-order valence-electron chi connectivity index (χ1n) is 6.04. The average molecular weight is 426 g/mol. The molecule has 1 rings (SSSR count). The summed E-state index contributed by atoms with van der Waals surface area (Å²) in [6.45, 7) is 0. The lowest BCUT2D eigenvalue weighted by Crippen LogP contribution is -2.55. The van der Waals surface area contributed by atoms with Crippen LogP contribution in [0.3, 0.4) is 0 Å². The van der Waals surface area contributed by atoms with Gasteiger partial charge >= 0.3 is 24.7 Å². The van der Waals surface area contributed by atoms with Gasteiger partial charge in [-0.1, -0.05) is 31.7 Å². The summed E-state index contributed by atoms with van der Waals surface area (Å²) in [6.07, 6.45) is -25.6. The van der Waals surface area contributed by atoms with Crippen LogP contribution < -0.4 is 0 Å². The summed E-state index contributed by atoms with van der Waals surface area (Å²) >= 11 is 0. The molecule has 1 aromatic carbocycles. The Hall–Kier alpha value is -1.70. The Morgan fingerprint density at radius 2 is 0.593 bits per heavy atom. The summed E-state index contributed by atoms with van der Waals surface area (Å²) in [6, 6.07) is -1.78. The number of hydrogen-bond donors (Lipinski definition) is 2. The van der Waals surface area contributed by atoms with Gasteiger partial charge in [0.2, 0.25) is 0 Å². The number of alkyl halides is 12. The SMILES string of the molecule is C.OC(c1ccc(C(O)(C(F)(F)F)C(F)(F)F)cc1)(C(F)(F)F)C(F)(F)F. The van der Waals surface area contributed by atoms with Crippen molar-refractivity contribution < 1.29 is 62.9 Å². The van der Waals surface area contributed by atoms with Crippen LogP contribution in [-0.2, 0) is 11.2 Å². The van der Waals surface area contributed by atoms with Crippen LogP contribution in [-0.4, -0.2) is 34.9 Å². The van der Waals surface area contributed by atoms with E-state index in [0.29, 0.717) is 0 Å². The van der Waals surface area contributed by atoms with E-state index in [4.69, 9.17) is 10.2 Å². The van der Waals surface area contributed by atoms with Gasteiger partial charge in [0.25, 0.3) is 11.2 Å². The standard InChI is InChI=1S/C12H6F12O2.CH4/c13-9(14,15)7(25,10(16,17)18)5-1-2-6(4-3-5)8(26,11(19,20)21)12(22,23)24;/h1-4,25-26H;1H4. The predicted octanol–water partition coefficient (Wildman–Crippen LogP) is 4.95. The van der Waals surface area contributed by atoms with Crippen molar-refractivity contribution in [3.8, 4) is 0 Å². The normalized spacial score (nSPS) is 14.7. The third kappa shape index (κ3) is 3.81. The molecule has 0 fully saturated rings. The summed E-state index contributed by atoms with van der Waals surface area (Å²) in [5.74, 6) is 0. The van der Waals surface area contributed by atoms with Crippen molar-refractivity contribution >= 4 is 0 Å². The van der Waals surface area contributed by atoms with Crippen molar-refractivity contribution in [2.45, 2.75) is 43.3 Å². The Kier molecular flexibility index (Phi) is 6.30. The zero-order chi connectivity index (χ0) is 21.0. The van der Waals surface area contributed by atoms with Crippen LogP contribution in [0, 0.1) is 0 Å². The van der Waals surface area contributed by atoms with Gasteiger partial charge in [-0.2, -0.15) is 52.7 Å².